The molecule has 0 saturated heterocycles. The molecule has 0 fully saturated rings. The highest BCUT2D eigenvalue weighted by Crippen LogP contribution is 2.03. The molecule has 4 nitrogen and oxygen atoms in total. The van der Waals surface area contributed by atoms with E-state index in [4.69, 9.17) is 0 Å². The molecular formula is C12H24N2O2. The lowest BCUT2D eigenvalue weighted by Crippen LogP contribution is -2.44. The summed E-state index contributed by atoms with van der Waals surface area (Å²) in [6, 6.07) is 0.113. The van der Waals surface area contributed by atoms with Gasteiger partial charge in [0.05, 0.1) is 6.54 Å². The van der Waals surface area contributed by atoms with Gasteiger partial charge >= 0.3 is 0 Å². The number of carbonyl (C=O) groups excluding carboxylic acids is 2. The Balaban J connectivity index is 4.19. The predicted octanol–water partition coefficient (Wildman–Crippen LogP) is 1.41. The minimum Gasteiger partial charge on any atom is -0.354 e. The van der Waals surface area contributed by atoms with Crippen LogP contribution in [0, 0.1) is 5.92 Å². The number of hydrogen-bond donors (Lipinski definition) is 1. The molecule has 1 N–H and O–H groups in total. The van der Waals surface area contributed by atoms with E-state index in [2.05, 4.69) is 5.32 Å². The van der Waals surface area contributed by atoms with Gasteiger partial charge in [0.1, 0.15) is 0 Å². The maximum absolute atomic E-state index is 11.6. The summed E-state index contributed by atoms with van der Waals surface area (Å²) in [5, 5.41) is 2.81. The standard InChI is InChI=1S/C12H24N2O2/c1-6-10(4)14(11(5)15)8-12(16)13-7-9(2)3/h9-10H,6-8H2,1-5H3,(H,13,16). The van der Waals surface area contributed by atoms with Crippen molar-refractivity contribution >= 4 is 11.8 Å². The van der Waals surface area contributed by atoms with Crippen molar-refractivity contribution in [1.82, 2.24) is 10.2 Å². The molecule has 0 aliphatic heterocycles. The van der Waals surface area contributed by atoms with Gasteiger partial charge < -0.3 is 10.2 Å². The van der Waals surface area contributed by atoms with Crippen molar-refractivity contribution in [3.8, 4) is 0 Å². The lowest BCUT2D eigenvalue weighted by Gasteiger charge is -2.26. The fourth-order valence-electron chi connectivity index (χ4n) is 1.33. The summed E-state index contributed by atoms with van der Waals surface area (Å²) in [5.74, 6) is 0.302. The van der Waals surface area contributed by atoms with Gasteiger partial charge in [0.2, 0.25) is 11.8 Å². The van der Waals surface area contributed by atoms with Gasteiger partial charge in [0, 0.05) is 19.5 Å². The summed E-state index contributed by atoms with van der Waals surface area (Å²) < 4.78 is 0. The number of nitrogens with zero attached hydrogens (tertiary/aromatic N) is 1. The molecule has 1 unspecified atom stereocenters. The molecule has 1 atom stereocenters. The van der Waals surface area contributed by atoms with Crippen LogP contribution in [0.15, 0.2) is 0 Å². The van der Waals surface area contributed by atoms with Crippen LogP contribution in [-0.2, 0) is 9.59 Å². The van der Waals surface area contributed by atoms with E-state index >= 15 is 0 Å². The van der Waals surface area contributed by atoms with Crippen molar-refractivity contribution < 1.29 is 9.59 Å². The molecule has 4 heteroatoms. The molecule has 0 aliphatic carbocycles. The summed E-state index contributed by atoms with van der Waals surface area (Å²) in [6.07, 6.45) is 0.858. The van der Waals surface area contributed by atoms with E-state index < -0.39 is 0 Å². The average Bonchev–Trinajstić information content (AvgIpc) is 2.21. The van der Waals surface area contributed by atoms with Crippen LogP contribution < -0.4 is 5.32 Å². The van der Waals surface area contributed by atoms with Gasteiger partial charge in [0.15, 0.2) is 0 Å². The lowest BCUT2D eigenvalue weighted by molar-refractivity contribution is -0.136. The van der Waals surface area contributed by atoms with Crippen LogP contribution in [0.2, 0.25) is 0 Å². The summed E-state index contributed by atoms with van der Waals surface area (Å²) in [5.41, 5.74) is 0. The Bertz CT molecular complexity index is 239. The van der Waals surface area contributed by atoms with Gasteiger partial charge in [-0.3, -0.25) is 9.59 Å². The van der Waals surface area contributed by atoms with E-state index in [1.165, 1.54) is 6.92 Å². The van der Waals surface area contributed by atoms with Crippen LogP contribution in [0.4, 0.5) is 0 Å². The number of amides is 2. The van der Waals surface area contributed by atoms with Crippen LogP contribution in [-0.4, -0.2) is 35.8 Å². The first kappa shape index (κ1) is 14.9. The number of carbonyl (C=O) groups is 2. The SMILES string of the molecule is CCC(C)N(CC(=O)NCC(C)C)C(C)=O. The van der Waals surface area contributed by atoms with Crippen LogP contribution in [0.25, 0.3) is 0 Å². The Hall–Kier alpha value is -1.06. The molecule has 16 heavy (non-hydrogen) atoms. The minimum atomic E-state index is -0.0794. The van der Waals surface area contributed by atoms with Gasteiger partial charge in [0.25, 0.3) is 0 Å². The average molecular weight is 228 g/mol. The fourth-order valence-corrected chi connectivity index (χ4v) is 1.33. The normalized spacial score (nSPS) is 12.4. The highest BCUT2D eigenvalue weighted by Gasteiger charge is 2.18. The second-order valence-electron chi connectivity index (χ2n) is 4.60. The first-order chi connectivity index (χ1) is 7.38. The van der Waals surface area contributed by atoms with E-state index in [-0.39, 0.29) is 24.4 Å². The molecule has 0 heterocycles. The molecular weight excluding hydrogens is 204 g/mol. The summed E-state index contributed by atoms with van der Waals surface area (Å²) in [4.78, 5) is 24.5. The maximum atomic E-state index is 11.6. The zero-order valence-corrected chi connectivity index (χ0v) is 11.0. The first-order valence-corrected chi connectivity index (χ1v) is 5.92. The second kappa shape index (κ2) is 7.25. The highest BCUT2D eigenvalue weighted by atomic mass is 16.2. The highest BCUT2D eigenvalue weighted by molar-refractivity contribution is 5.83. The Kier molecular flexibility index (Phi) is 6.77. The molecule has 0 aliphatic rings. The van der Waals surface area contributed by atoms with Crippen LogP contribution in [0.1, 0.15) is 41.0 Å². The molecule has 0 bridgehead atoms. The number of nitrogens with one attached hydrogen (secondary N) is 1. The zero-order chi connectivity index (χ0) is 12.7. The van der Waals surface area contributed by atoms with Crippen molar-refractivity contribution in [3.63, 3.8) is 0 Å². The predicted molar refractivity (Wildman–Crippen MR) is 65.0 cm³/mol. The molecule has 0 spiro atoms. The topological polar surface area (TPSA) is 49.4 Å². The van der Waals surface area contributed by atoms with E-state index in [0.29, 0.717) is 12.5 Å². The van der Waals surface area contributed by atoms with E-state index in [1.807, 2.05) is 27.7 Å². The molecule has 0 aromatic rings. The van der Waals surface area contributed by atoms with Crippen molar-refractivity contribution in [2.75, 3.05) is 13.1 Å². The van der Waals surface area contributed by atoms with Crippen LogP contribution >= 0.6 is 0 Å². The number of hydrogen-bond acceptors (Lipinski definition) is 2. The van der Waals surface area contributed by atoms with Crippen LogP contribution in [0.5, 0.6) is 0 Å². The van der Waals surface area contributed by atoms with Gasteiger partial charge in [-0.15, -0.1) is 0 Å². The van der Waals surface area contributed by atoms with Crippen molar-refractivity contribution in [2.45, 2.75) is 47.1 Å². The summed E-state index contributed by atoms with van der Waals surface area (Å²) >= 11 is 0. The van der Waals surface area contributed by atoms with Gasteiger partial charge in [-0.05, 0) is 19.3 Å². The third kappa shape index (κ3) is 5.73. The third-order valence-electron chi connectivity index (χ3n) is 2.55. The quantitative estimate of drug-likeness (QED) is 0.747. The third-order valence-corrected chi connectivity index (χ3v) is 2.55. The maximum Gasteiger partial charge on any atom is 0.239 e. The molecule has 0 aromatic heterocycles. The van der Waals surface area contributed by atoms with Gasteiger partial charge in [-0.2, -0.15) is 0 Å². The largest absolute Gasteiger partial charge is 0.354 e. The summed E-state index contributed by atoms with van der Waals surface area (Å²) in [6.45, 7) is 10.4. The minimum absolute atomic E-state index is 0.0472. The Morgan fingerprint density at radius 1 is 1.25 bits per heavy atom. The number of rotatable bonds is 6. The van der Waals surface area contributed by atoms with Crippen molar-refractivity contribution in [3.05, 3.63) is 0 Å². The van der Waals surface area contributed by atoms with E-state index in [9.17, 15) is 9.59 Å². The molecule has 0 rings (SSSR count). The molecule has 0 aromatic carbocycles. The van der Waals surface area contributed by atoms with Gasteiger partial charge in [-0.1, -0.05) is 20.8 Å². The molecule has 0 saturated carbocycles. The molecule has 0 radical (unpaired) electrons. The van der Waals surface area contributed by atoms with Crippen LogP contribution in [0.3, 0.4) is 0 Å². The molecule has 94 valence electrons. The fraction of sp³-hybridized carbons (Fsp3) is 0.833. The smallest absolute Gasteiger partial charge is 0.239 e. The monoisotopic (exact) mass is 228 g/mol. The van der Waals surface area contributed by atoms with Crippen molar-refractivity contribution in [2.24, 2.45) is 5.92 Å². The Labute approximate surface area is 98.4 Å². The van der Waals surface area contributed by atoms with Crippen molar-refractivity contribution in [1.29, 1.82) is 0 Å². The van der Waals surface area contributed by atoms with E-state index in [0.717, 1.165) is 6.42 Å². The zero-order valence-electron chi connectivity index (χ0n) is 11.0. The Morgan fingerprint density at radius 3 is 2.19 bits per heavy atom. The Morgan fingerprint density at radius 2 is 1.81 bits per heavy atom. The van der Waals surface area contributed by atoms with Gasteiger partial charge in [-0.25, -0.2) is 0 Å². The molecule has 2 amide bonds. The summed E-state index contributed by atoms with van der Waals surface area (Å²) in [7, 11) is 0. The lowest BCUT2D eigenvalue weighted by atomic mass is 10.2. The second-order valence-corrected chi connectivity index (χ2v) is 4.60. The van der Waals surface area contributed by atoms with E-state index in [1.54, 1.807) is 4.90 Å². The first-order valence-electron chi connectivity index (χ1n) is 5.92.